The summed E-state index contributed by atoms with van der Waals surface area (Å²) in [6.07, 6.45) is 4.80. The zero-order valence-corrected chi connectivity index (χ0v) is 17.9. The van der Waals surface area contributed by atoms with Crippen molar-refractivity contribution in [3.63, 3.8) is 0 Å². The van der Waals surface area contributed by atoms with Crippen molar-refractivity contribution in [2.75, 3.05) is 30.9 Å². The summed E-state index contributed by atoms with van der Waals surface area (Å²) in [5.74, 6) is 1.23. The van der Waals surface area contributed by atoms with Crippen LogP contribution in [0.4, 0.5) is 17.2 Å². The molecular weight excluding hydrogens is 406 g/mol. The topological polar surface area (TPSA) is 87.7 Å². The van der Waals surface area contributed by atoms with Crippen LogP contribution in [-0.2, 0) is 4.79 Å². The first-order valence-electron chi connectivity index (χ1n) is 10.5. The molecule has 0 aliphatic carbocycles. The van der Waals surface area contributed by atoms with Crippen LogP contribution in [0.15, 0.2) is 54.9 Å². The number of pyridine rings is 2. The molecule has 2 aliphatic heterocycles. The number of ether oxygens (including phenoxy) is 1. The number of nitrogens with one attached hydrogen (secondary N) is 1. The minimum absolute atomic E-state index is 0.0276. The highest BCUT2D eigenvalue weighted by Crippen LogP contribution is 2.38. The average Bonchev–Trinajstić information content (AvgIpc) is 3.20. The van der Waals surface area contributed by atoms with Gasteiger partial charge in [-0.05, 0) is 42.3 Å². The van der Waals surface area contributed by atoms with Crippen LogP contribution in [0.5, 0.6) is 5.88 Å². The number of aromatic nitrogens is 2. The molecule has 1 saturated heterocycles. The van der Waals surface area contributed by atoms with E-state index in [2.05, 4.69) is 15.3 Å². The number of rotatable bonds is 4. The molecule has 1 aromatic carbocycles. The van der Waals surface area contributed by atoms with Gasteiger partial charge in [0.15, 0.2) is 0 Å². The third-order valence-electron chi connectivity index (χ3n) is 5.74. The first-order chi connectivity index (χ1) is 15.5. The SMILES string of the molecule is CN(C)C(=O)c1ccc(-c2ccc(Nc3cnc4c(c3)N3C(=O)CC[C@H]3CO4)nc2)cc1. The predicted molar refractivity (Wildman–Crippen MR) is 121 cm³/mol. The number of amides is 2. The summed E-state index contributed by atoms with van der Waals surface area (Å²) in [6.45, 7) is 0.492. The van der Waals surface area contributed by atoms with Crippen molar-refractivity contribution >= 4 is 29.0 Å². The van der Waals surface area contributed by atoms with Gasteiger partial charge in [-0.25, -0.2) is 9.97 Å². The van der Waals surface area contributed by atoms with Crippen molar-refractivity contribution in [3.8, 4) is 17.0 Å². The summed E-state index contributed by atoms with van der Waals surface area (Å²) < 4.78 is 5.72. The second-order valence-electron chi connectivity index (χ2n) is 8.15. The molecule has 2 aliphatic rings. The standard InChI is InChI=1S/C24H23N5O3/c1-28(2)24(31)16-5-3-15(4-6-16)17-7-9-21(25-12-17)27-18-11-20-23(26-13-18)32-14-19-8-10-22(30)29(19)20/h3-7,9,11-13,19H,8,10,14H2,1-2H3,(H,25,27)/t19-/m0/s1. The Hall–Kier alpha value is -3.94. The third-order valence-corrected chi connectivity index (χ3v) is 5.74. The van der Waals surface area contributed by atoms with Crippen LogP contribution >= 0.6 is 0 Å². The smallest absolute Gasteiger partial charge is 0.253 e. The largest absolute Gasteiger partial charge is 0.474 e. The molecule has 2 amide bonds. The minimum Gasteiger partial charge on any atom is -0.474 e. The van der Waals surface area contributed by atoms with E-state index in [0.29, 0.717) is 36.0 Å². The number of carbonyl (C=O) groups is 2. The van der Waals surface area contributed by atoms with Gasteiger partial charge in [-0.2, -0.15) is 0 Å². The van der Waals surface area contributed by atoms with Gasteiger partial charge in [0.1, 0.15) is 18.1 Å². The molecule has 32 heavy (non-hydrogen) atoms. The summed E-state index contributed by atoms with van der Waals surface area (Å²) in [6, 6.07) is 13.3. The first-order valence-corrected chi connectivity index (χ1v) is 10.5. The van der Waals surface area contributed by atoms with Gasteiger partial charge in [-0.1, -0.05) is 12.1 Å². The first kappa shape index (κ1) is 20.0. The number of fused-ring (bicyclic) bond motifs is 3. The number of nitrogens with zero attached hydrogens (tertiary/aromatic N) is 4. The molecule has 2 aromatic heterocycles. The Labute approximate surface area is 185 Å². The van der Waals surface area contributed by atoms with E-state index in [9.17, 15) is 9.59 Å². The molecule has 3 aromatic rings. The fourth-order valence-corrected chi connectivity index (χ4v) is 4.05. The Kier molecular flexibility index (Phi) is 4.97. The second kappa shape index (κ2) is 7.96. The summed E-state index contributed by atoms with van der Waals surface area (Å²) >= 11 is 0. The maximum atomic E-state index is 12.3. The van der Waals surface area contributed by atoms with Crippen molar-refractivity contribution < 1.29 is 14.3 Å². The lowest BCUT2D eigenvalue weighted by molar-refractivity contribution is -0.117. The maximum Gasteiger partial charge on any atom is 0.253 e. The van der Waals surface area contributed by atoms with Gasteiger partial charge in [0.2, 0.25) is 11.8 Å². The Morgan fingerprint density at radius 2 is 1.88 bits per heavy atom. The molecule has 0 spiro atoms. The van der Waals surface area contributed by atoms with Crippen LogP contribution in [0, 0.1) is 0 Å². The summed E-state index contributed by atoms with van der Waals surface area (Å²) in [7, 11) is 3.47. The van der Waals surface area contributed by atoms with E-state index >= 15 is 0 Å². The summed E-state index contributed by atoms with van der Waals surface area (Å²) in [5, 5.41) is 3.25. The van der Waals surface area contributed by atoms with Crippen LogP contribution in [0.3, 0.4) is 0 Å². The van der Waals surface area contributed by atoms with E-state index in [-0.39, 0.29) is 17.9 Å². The van der Waals surface area contributed by atoms with Gasteiger partial charge < -0.3 is 19.9 Å². The molecule has 0 radical (unpaired) electrons. The van der Waals surface area contributed by atoms with Crippen LogP contribution in [0.25, 0.3) is 11.1 Å². The molecule has 1 fully saturated rings. The Morgan fingerprint density at radius 1 is 1.09 bits per heavy atom. The van der Waals surface area contributed by atoms with Crippen molar-refractivity contribution in [1.82, 2.24) is 14.9 Å². The molecule has 8 nitrogen and oxygen atoms in total. The van der Waals surface area contributed by atoms with E-state index in [4.69, 9.17) is 4.74 Å². The molecular formula is C24H23N5O3. The number of anilines is 3. The fourth-order valence-electron chi connectivity index (χ4n) is 4.05. The van der Waals surface area contributed by atoms with Gasteiger partial charge in [0.25, 0.3) is 5.91 Å². The molecule has 0 bridgehead atoms. The van der Waals surface area contributed by atoms with E-state index in [0.717, 1.165) is 23.2 Å². The van der Waals surface area contributed by atoms with E-state index in [1.54, 1.807) is 36.3 Å². The highest BCUT2D eigenvalue weighted by molar-refractivity contribution is 5.98. The van der Waals surface area contributed by atoms with Crippen molar-refractivity contribution in [2.45, 2.75) is 18.9 Å². The van der Waals surface area contributed by atoms with E-state index < -0.39 is 0 Å². The summed E-state index contributed by atoms with van der Waals surface area (Å²) in [5.41, 5.74) is 4.01. The van der Waals surface area contributed by atoms with Crippen LogP contribution in [0.2, 0.25) is 0 Å². The quantitative estimate of drug-likeness (QED) is 0.683. The highest BCUT2D eigenvalue weighted by Gasteiger charge is 2.38. The number of hydrogen-bond acceptors (Lipinski definition) is 6. The van der Waals surface area contributed by atoms with E-state index in [1.807, 2.05) is 42.5 Å². The van der Waals surface area contributed by atoms with Gasteiger partial charge in [0.05, 0.1) is 17.9 Å². The molecule has 0 saturated carbocycles. The molecule has 5 rings (SSSR count). The molecule has 162 valence electrons. The van der Waals surface area contributed by atoms with E-state index in [1.165, 1.54) is 0 Å². The van der Waals surface area contributed by atoms with Crippen LogP contribution in [0.1, 0.15) is 23.2 Å². The zero-order chi connectivity index (χ0) is 22.2. The number of hydrogen-bond donors (Lipinski definition) is 1. The normalized spacial score (nSPS) is 16.8. The van der Waals surface area contributed by atoms with Crippen molar-refractivity contribution in [1.29, 1.82) is 0 Å². The lowest BCUT2D eigenvalue weighted by Gasteiger charge is -2.31. The highest BCUT2D eigenvalue weighted by atomic mass is 16.5. The Morgan fingerprint density at radius 3 is 2.59 bits per heavy atom. The number of benzene rings is 1. The van der Waals surface area contributed by atoms with Crippen LogP contribution < -0.4 is 15.0 Å². The Bertz CT molecular complexity index is 1180. The average molecular weight is 429 g/mol. The monoisotopic (exact) mass is 429 g/mol. The van der Waals surface area contributed by atoms with Gasteiger partial charge in [-0.3, -0.25) is 9.59 Å². The van der Waals surface area contributed by atoms with Gasteiger partial charge in [0, 0.05) is 37.8 Å². The minimum atomic E-state index is -0.0276. The Balaban J connectivity index is 1.32. The van der Waals surface area contributed by atoms with Crippen molar-refractivity contribution in [2.24, 2.45) is 0 Å². The molecule has 1 N–H and O–H groups in total. The molecule has 4 heterocycles. The fraction of sp³-hybridized carbons (Fsp3) is 0.250. The predicted octanol–water partition coefficient (Wildman–Crippen LogP) is 3.48. The van der Waals surface area contributed by atoms with Gasteiger partial charge in [-0.15, -0.1) is 0 Å². The third kappa shape index (κ3) is 3.64. The molecule has 8 heteroatoms. The lowest BCUT2D eigenvalue weighted by Crippen LogP contribution is -2.40. The summed E-state index contributed by atoms with van der Waals surface area (Å²) in [4.78, 5) is 36.6. The number of carbonyl (C=O) groups excluding carboxylic acids is 2. The zero-order valence-electron chi connectivity index (χ0n) is 17.9. The maximum absolute atomic E-state index is 12.3. The molecule has 0 unspecified atom stereocenters. The molecule has 1 atom stereocenters. The van der Waals surface area contributed by atoms with Crippen molar-refractivity contribution in [3.05, 3.63) is 60.4 Å². The second-order valence-corrected chi connectivity index (χ2v) is 8.15. The lowest BCUT2D eigenvalue weighted by atomic mass is 10.1. The van der Waals surface area contributed by atoms with Gasteiger partial charge >= 0.3 is 0 Å². The van der Waals surface area contributed by atoms with Crippen LogP contribution in [-0.4, -0.2) is 53.4 Å².